The first-order valence-electron chi connectivity index (χ1n) is 9.71. The number of hydrogen-bond donors (Lipinski definition) is 3. The summed E-state index contributed by atoms with van der Waals surface area (Å²) in [7, 11) is 0. The summed E-state index contributed by atoms with van der Waals surface area (Å²) in [4.78, 5) is 31.5. The molecule has 4 aromatic heterocycles. The van der Waals surface area contributed by atoms with Gasteiger partial charge in [0.1, 0.15) is 11.2 Å². The Balaban J connectivity index is 0.000000271. The second-order valence-electron chi connectivity index (χ2n) is 6.72. The number of hydrogen-bond acceptors (Lipinski definition) is 6. The van der Waals surface area contributed by atoms with E-state index in [1.54, 1.807) is 11.3 Å². The Morgan fingerprint density at radius 2 is 1.64 bits per heavy atom. The minimum absolute atomic E-state index is 0.744. The van der Waals surface area contributed by atoms with Gasteiger partial charge in [0.25, 0.3) is 0 Å². The first-order valence-corrected chi connectivity index (χ1v) is 10.6. The van der Waals surface area contributed by atoms with Gasteiger partial charge in [0.15, 0.2) is 11.5 Å². The van der Waals surface area contributed by atoms with Gasteiger partial charge in [-0.1, -0.05) is 19.1 Å². The third-order valence-electron chi connectivity index (χ3n) is 4.13. The normalized spacial score (nSPS) is 11.3. The van der Waals surface area contributed by atoms with E-state index in [4.69, 9.17) is 19.8 Å². The summed E-state index contributed by atoms with van der Waals surface area (Å²) < 4.78 is 65.4. The van der Waals surface area contributed by atoms with Crippen molar-refractivity contribution in [1.29, 1.82) is 0 Å². The minimum atomic E-state index is -5.08. The van der Waals surface area contributed by atoms with E-state index >= 15 is 0 Å². The van der Waals surface area contributed by atoms with E-state index in [2.05, 4.69) is 50.6 Å². The molecular formula is C20H17F6N5O4S. The van der Waals surface area contributed by atoms with Gasteiger partial charge >= 0.3 is 24.3 Å². The van der Waals surface area contributed by atoms with Crippen LogP contribution in [0, 0.1) is 0 Å². The molecule has 0 unspecified atom stereocenters. The number of thiophene rings is 1. The summed E-state index contributed by atoms with van der Waals surface area (Å²) in [6, 6.07) is 8.26. The number of H-pyrrole nitrogens is 1. The standard InChI is InChI=1S/C16H15N5S.2C2HF3O2/c1-2-11-5-6-13(17-8-11)15-19-14-9-18-21(16(14)20-15)10-12-4-3-7-22-12;2*3-2(4,5)1(6)7/h3-9H,2,10H2,1H3,(H,19,20);2*(H,6,7). The number of aliphatic carboxylic acids is 2. The highest BCUT2D eigenvalue weighted by Crippen LogP contribution is 2.20. The number of nitrogens with one attached hydrogen (secondary N) is 1. The van der Waals surface area contributed by atoms with Crippen LogP contribution in [0.25, 0.3) is 22.7 Å². The Labute approximate surface area is 202 Å². The molecule has 0 bridgehead atoms. The maximum atomic E-state index is 10.6. The van der Waals surface area contributed by atoms with Crippen molar-refractivity contribution in [3.8, 4) is 11.5 Å². The maximum absolute atomic E-state index is 10.6. The van der Waals surface area contributed by atoms with Crippen LogP contribution >= 0.6 is 11.3 Å². The number of halogens is 6. The zero-order chi connectivity index (χ0) is 27.1. The molecule has 0 aliphatic rings. The fourth-order valence-electron chi connectivity index (χ4n) is 2.41. The number of carboxylic acid groups (broad SMARTS) is 2. The maximum Gasteiger partial charge on any atom is 0.490 e. The molecule has 0 spiro atoms. The quantitative estimate of drug-likeness (QED) is 0.320. The first kappa shape index (κ1) is 28.3. The monoisotopic (exact) mass is 537 g/mol. The molecule has 0 saturated carbocycles. The molecular weight excluding hydrogens is 520 g/mol. The van der Waals surface area contributed by atoms with E-state index in [1.807, 2.05) is 23.1 Å². The van der Waals surface area contributed by atoms with Crippen LogP contribution in [0.4, 0.5) is 26.3 Å². The largest absolute Gasteiger partial charge is 0.490 e. The molecule has 194 valence electrons. The molecule has 0 radical (unpaired) electrons. The Kier molecular flexibility index (Phi) is 9.16. The Morgan fingerprint density at radius 3 is 2.08 bits per heavy atom. The molecule has 36 heavy (non-hydrogen) atoms. The van der Waals surface area contributed by atoms with E-state index in [0.29, 0.717) is 0 Å². The molecule has 0 aliphatic heterocycles. The lowest BCUT2D eigenvalue weighted by Crippen LogP contribution is -2.21. The van der Waals surface area contributed by atoms with Crippen molar-refractivity contribution in [1.82, 2.24) is 24.7 Å². The average molecular weight is 537 g/mol. The van der Waals surface area contributed by atoms with Gasteiger partial charge in [-0.05, 0) is 29.5 Å². The molecule has 4 aromatic rings. The predicted molar refractivity (Wildman–Crippen MR) is 115 cm³/mol. The molecule has 0 aliphatic carbocycles. The van der Waals surface area contributed by atoms with Crippen molar-refractivity contribution < 1.29 is 46.1 Å². The number of rotatable bonds is 4. The minimum Gasteiger partial charge on any atom is -0.475 e. The van der Waals surface area contributed by atoms with Crippen LogP contribution in [-0.4, -0.2) is 59.2 Å². The van der Waals surface area contributed by atoms with E-state index in [9.17, 15) is 26.3 Å². The number of aromatic amines is 1. The van der Waals surface area contributed by atoms with Gasteiger partial charge in [-0.25, -0.2) is 19.3 Å². The number of nitrogens with zero attached hydrogens (tertiary/aromatic N) is 4. The van der Waals surface area contributed by atoms with E-state index in [-0.39, 0.29) is 0 Å². The van der Waals surface area contributed by atoms with Gasteiger partial charge in [-0.3, -0.25) is 4.98 Å². The molecule has 0 aromatic carbocycles. The fraction of sp³-hybridized carbons (Fsp3) is 0.250. The van der Waals surface area contributed by atoms with Gasteiger partial charge in [0.2, 0.25) is 0 Å². The number of carboxylic acids is 2. The second kappa shape index (κ2) is 11.7. The SMILES string of the molecule is CCc1ccc(-c2nc3c(cnn3Cc3cccs3)[nH]2)nc1.O=C(O)C(F)(F)F.O=C(O)C(F)(F)F. The third kappa shape index (κ3) is 8.07. The molecule has 9 nitrogen and oxygen atoms in total. The van der Waals surface area contributed by atoms with Gasteiger partial charge in [0, 0.05) is 11.1 Å². The molecule has 0 atom stereocenters. The summed E-state index contributed by atoms with van der Waals surface area (Å²) in [5, 5.41) is 20.7. The topological polar surface area (TPSA) is 134 Å². The van der Waals surface area contributed by atoms with Gasteiger partial charge in [-0.15, -0.1) is 11.3 Å². The van der Waals surface area contributed by atoms with Crippen LogP contribution < -0.4 is 0 Å². The lowest BCUT2D eigenvalue weighted by atomic mass is 10.2. The number of pyridine rings is 1. The molecule has 0 amide bonds. The van der Waals surface area contributed by atoms with Gasteiger partial charge in [-0.2, -0.15) is 31.4 Å². The van der Waals surface area contributed by atoms with Crippen LogP contribution in [0.1, 0.15) is 17.4 Å². The number of aryl methyl sites for hydroxylation is 1. The van der Waals surface area contributed by atoms with E-state index in [0.717, 1.165) is 35.6 Å². The molecule has 0 fully saturated rings. The zero-order valence-electron chi connectivity index (χ0n) is 18.1. The zero-order valence-corrected chi connectivity index (χ0v) is 18.9. The molecule has 4 heterocycles. The molecule has 16 heteroatoms. The third-order valence-corrected chi connectivity index (χ3v) is 4.99. The first-order chi connectivity index (χ1) is 16.7. The highest BCUT2D eigenvalue weighted by molar-refractivity contribution is 7.09. The Bertz CT molecular complexity index is 1260. The highest BCUT2D eigenvalue weighted by Gasteiger charge is 2.38. The van der Waals surface area contributed by atoms with Crippen LogP contribution in [0.3, 0.4) is 0 Å². The average Bonchev–Trinajstić information content (AvgIpc) is 3.53. The predicted octanol–water partition coefficient (Wildman–Crippen LogP) is 4.76. The van der Waals surface area contributed by atoms with Crippen molar-refractivity contribution in [3.05, 3.63) is 52.5 Å². The van der Waals surface area contributed by atoms with Crippen molar-refractivity contribution in [2.45, 2.75) is 32.2 Å². The summed E-state index contributed by atoms with van der Waals surface area (Å²) in [5.74, 6) is -4.73. The molecule has 4 rings (SSSR count). The summed E-state index contributed by atoms with van der Waals surface area (Å²) in [5.41, 5.74) is 3.89. The fourth-order valence-corrected chi connectivity index (χ4v) is 3.09. The van der Waals surface area contributed by atoms with E-state index < -0.39 is 24.3 Å². The van der Waals surface area contributed by atoms with E-state index in [1.165, 1.54) is 10.4 Å². The summed E-state index contributed by atoms with van der Waals surface area (Å²) >= 11 is 1.73. The van der Waals surface area contributed by atoms with Crippen LogP contribution in [0.2, 0.25) is 0 Å². The van der Waals surface area contributed by atoms with Crippen molar-refractivity contribution in [3.63, 3.8) is 0 Å². The summed E-state index contributed by atoms with van der Waals surface area (Å²) in [6.45, 7) is 2.87. The van der Waals surface area contributed by atoms with Gasteiger partial charge < -0.3 is 15.2 Å². The summed E-state index contributed by atoms with van der Waals surface area (Å²) in [6.07, 6.45) is -5.45. The van der Waals surface area contributed by atoms with Gasteiger partial charge in [0.05, 0.1) is 12.7 Å². The number of imidazole rings is 1. The molecule has 3 N–H and O–H groups in total. The smallest absolute Gasteiger partial charge is 0.475 e. The highest BCUT2D eigenvalue weighted by atomic mass is 32.1. The van der Waals surface area contributed by atoms with Crippen molar-refractivity contribution >= 4 is 34.4 Å². The molecule has 0 saturated heterocycles. The van der Waals surface area contributed by atoms with Crippen molar-refractivity contribution in [2.75, 3.05) is 0 Å². The number of fused-ring (bicyclic) bond motifs is 1. The van der Waals surface area contributed by atoms with Crippen LogP contribution in [0.15, 0.2) is 42.0 Å². The Morgan fingerprint density at radius 1 is 1.03 bits per heavy atom. The lowest BCUT2D eigenvalue weighted by Gasteiger charge is -1.99. The number of alkyl halides is 6. The Hall–Kier alpha value is -3.95. The second-order valence-corrected chi connectivity index (χ2v) is 7.75. The number of carbonyl (C=O) groups is 2. The van der Waals surface area contributed by atoms with Crippen LogP contribution in [0.5, 0.6) is 0 Å². The lowest BCUT2D eigenvalue weighted by molar-refractivity contribution is -0.193. The van der Waals surface area contributed by atoms with Crippen LogP contribution in [-0.2, 0) is 22.6 Å². The number of aromatic nitrogens is 5. The van der Waals surface area contributed by atoms with Crippen molar-refractivity contribution in [2.24, 2.45) is 0 Å².